The third-order valence-electron chi connectivity index (χ3n) is 7.82. The molecule has 1 fully saturated rings. The van der Waals surface area contributed by atoms with Crippen LogP contribution in [-0.4, -0.2) is 85.6 Å². The van der Waals surface area contributed by atoms with E-state index in [0.717, 1.165) is 36.8 Å². The summed E-state index contributed by atoms with van der Waals surface area (Å²) < 4.78 is 77.4. The molecule has 1 aromatic heterocycles. The molecule has 48 heavy (non-hydrogen) atoms. The zero-order valence-corrected chi connectivity index (χ0v) is 27.2. The fraction of sp³-hybridized carbons (Fsp3) is 0.333. The van der Waals surface area contributed by atoms with Gasteiger partial charge in [-0.2, -0.15) is 4.58 Å². The van der Waals surface area contributed by atoms with Gasteiger partial charge in [-0.05, 0) is 29.7 Å². The first kappa shape index (κ1) is 33.6. The van der Waals surface area contributed by atoms with E-state index in [1.807, 2.05) is 24.3 Å². The number of esters is 2. The Morgan fingerprint density at radius 1 is 1.12 bits per heavy atom. The van der Waals surface area contributed by atoms with E-state index in [1.54, 1.807) is 0 Å². The minimum Gasteiger partial charge on any atom is -0.467 e. The SMILES string of the molecule is COC(=O)COP(=O)(OCC(=O)OC)Oc1c2n(c(-c3cc(F)c(F)c4c3Cc3ccccc3SC4)cc1=O)N[C@@H]1COCC[N+]1=C2O. The van der Waals surface area contributed by atoms with Gasteiger partial charge in [0.05, 0.1) is 19.9 Å². The Morgan fingerprint density at radius 3 is 2.54 bits per heavy atom. The number of aromatic nitrogens is 1. The Kier molecular flexibility index (Phi) is 9.58. The number of fused-ring (bicyclic) bond motifs is 4. The van der Waals surface area contributed by atoms with Crippen molar-refractivity contribution in [2.24, 2.45) is 0 Å². The molecule has 0 spiro atoms. The number of pyridine rings is 1. The minimum absolute atomic E-state index is 0.0134. The van der Waals surface area contributed by atoms with Gasteiger partial charge in [0.2, 0.25) is 16.9 Å². The van der Waals surface area contributed by atoms with E-state index in [2.05, 4.69) is 14.9 Å². The van der Waals surface area contributed by atoms with E-state index in [4.69, 9.17) is 18.3 Å². The number of morpholine rings is 1. The van der Waals surface area contributed by atoms with Crippen molar-refractivity contribution in [2.45, 2.75) is 23.2 Å². The smallest absolute Gasteiger partial charge is 0.467 e. The monoisotopic (exact) mass is 708 g/mol. The van der Waals surface area contributed by atoms with E-state index < -0.39 is 67.9 Å². The van der Waals surface area contributed by atoms with E-state index in [0.29, 0.717) is 5.56 Å². The Balaban J connectivity index is 1.55. The number of hydrogen-bond acceptors (Lipinski definition) is 12. The highest BCUT2D eigenvalue weighted by Crippen LogP contribution is 2.50. The predicted molar refractivity (Wildman–Crippen MR) is 165 cm³/mol. The molecule has 0 bridgehead atoms. The molecule has 1 atom stereocenters. The Labute approximate surface area is 275 Å². The lowest BCUT2D eigenvalue weighted by molar-refractivity contribution is -0.591. The van der Waals surface area contributed by atoms with Crippen LogP contribution in [0.5, 0.6) is 5.75 Å². The fourth-order valence-electron chi connectivity index (χ4n) is 5.48. The lowest BCUT2D eigenvalue weighted by Gasteiger charge is -2.32. The van der Waals surface area contributed by atoms with Crippen LogP contribution in [0.15, 0.2) is 46.1 Å². The molecule has 18 heteroatoms. The number of ether oxygens (including phenoxy) is 3. The second kappa shape index (κ2) is 13.7. The summed E-state index contributed by atoms with van der Waals surface area (Å²) in [5.41, 5.74) is 3.29. The zero-order valence-electron chi connectivity index (χ0n) is 25.5. The Hall–Kier alpha value is -4.28. The summed E-state index contributed by atoms with van der Waals surface area (Å²) in [6.07, 6.45) is -0.502. The maximum absolute atomic E-state index is 15.4. The second-order valence-electron chi connectivity index (χ2n) is 10.6. The molecule has 0 saturated carbocycles. The van der Waals surface area contributed by atoms with Crippen molar-refractivity contribution >= 4 is 37.4 Å². The van der Waals surface area contributed by atoms with Crippen LogP contribution in [0.4, 0.5) is 8.78 Å². The first-order valence-electron chi connectivity index (χ1n) is 14.4. The maximum atomic E-state index is 15.4. The molecule has 4 heterocycles. The summed E-state index contributed by atoms with van der Waals surface area (Å²) in [7, 11) is -2.91. The molecule has 254 valence electrons. The van der Waals surface area contributed by atoms with Gasteiger partial charge in [0.15, 0.2) is 31.4 Å². The maximum Gasteiger partial charge on any atom is 0.531 e. The molecule has 14 nitrogen and oxygen atoms in total. The molecule has 2 aromatic carbocycles. The quantitative estimate of drug-likeness (QED) is 0.190. The molecule has 3 aliphatic rings. The standard InChI is InChI=1S/C30H28F2N3O11PS/c1-41-25(37)13-44-47(40,45-14-26(38)42-2)46-29-22(36)11-21(35-28(29)30(39)34-7-8-43-12-24(34)33-35)18-10-20(31)27(32)19-15-48-23-6-4-3-5-16(23)9-17(18)19/h3-6,10-11,24,33H,7-9,12-15H2,1-2H3/p+1/t24-/m0/s1. The molecular weight excluding hydrogens is 679 g/mol. The highest BCUT2D eigenvalue weighted by Gasteiger charge is 2.43. The lowest BCUT2D eigenvalue weighted by Crippen LogP contribution is -2.54. The molecule has 3 aliphatic heterocycles. The number of carbonyl (C=O) groups excluding carboxylic acids is 2. The fourth-order valence-corrected chi connectivity index (χ4v) is 7.68. The van der Waals surface area contributed by atoms with Crippen LogP contribution in [0.1, 0.15) is 22.4 Å². The second-order valence-corrected chi connectivity index (χ2v) is 13.2. The van der Waals surface area contributed by atoms with Crippen LogP contribution in [0.3, 0.4) is 0 Å². The number of phosphoric acid groups is 1. The Bertz CT molecular complexity index is 1930. The van der Waals surface area contributed by atoms with Gasteiger partial charge >= 0.3 is 25.7 Å². The highest BCUT2D eigenvalue weighted by atomic mass is 32.2. The normalized spacial score (nSPS) is 16.8. The number of nitrogens with one attached hydrogen (secondary N) is 1. The number of rotatable bonds is 9. The van der Waals surface area contributed by atoms with Gasteiger partial charge in [-0.25, -0.2) is 27.6 Å². The van der Waals surface area contributed by atoms with Crippen LogP contribution in [0.2, 0.25) is 0 Å². The van der Waals surface area contributed by atoms with Gasteiger partial charge in [0, 0.05) is 27.8 Å². The topological polar surface area (TPSA) is 164 Å². The van der Waals surface area contributed by atoms with Gasteiger partial charge in [-0.3, -0.25) is 19.3 Å². The average molecular weight is 709 g/mol. The molecule has 0 radical (unpaired) electrons. The molecule has 1 saturated heterocycles. The number of carbonyl (C=O) groups is 2. The van der Waals surface area contributed by atoms with Crippen molar-refractivity contribution in [1.82, 2.24) is 4.68 Å². The van der Waals surface area contributed by atoms with Crippen LogP contribution in [0, 0.1) is 11.6 Å². The van der Waals surface area contributed by atoms with Crippen molar-refractivity contribution in [2.75, 3.05) is 52.6 Å². The van der Waals surface area contributed by atoms with Crippen molar-refractivity contribution in [3.8, 4) is 17.0 Å². The summed E-state index contributed by atoms with van der Waals surface area (Å²) in [4.78, 5) is 38.4. The van der Waals surface area contributed by atoms with Crippen LogP contribution in [-0.2, 0) is 49.6 Å². The van der Waals surface area contributed by atoms with Gasteiger partial charge < -0.3 is 23.8 Å². The zero-order chi connectivity index (χ0) is 34.2. The highest BCUT2D eigenvalue weighted by molar-refractivity contribution is 7.98. The molecule has 2 N–H and O–H groups in total. The van der Waals surface area contributed by atoms with Crippen molar-refractivity contribution in [3.63, 3.8) is 0 Å². The summed E-state index contributed by atoms with van der Waals surface area (Å²) in [6, 6.07) is 9.43. The third kappa shape index (κ3) is 6.43. The van der Waals surface area contributed by atoms with Crippen LogP contribution >= 0.6 is 19.6 Å². The number of phosphoric ester groups is 1. The summed E-state index contributed by atoms with van der Waals surface area (Å²) in [6.45, 7) is -1.48. The number of aliphatic hydroxyl groups is 1. The van der Waals surface area contributed by atoms with Gasteiger partial charge in [0.25, 0.3) is 6.17 Å². The van der Waals surface area contributed by atoms with Crippen molar-refractivity contribution in [3.05, 3.63) is 80.6 Å². The summed E-state index contributed by atoms with van der Waals surface area (Å²) in [5, 5.41) is 11.6. The number of hydrogen-bond donors (Lipinski definition) is 2. The number of thioether (sulfide) groups is 1. The predicted octanol–water partition coefficient (Wildman–Crippen LogP) is 3.09. The summed E-state index contributed by atoms with van der Waals surface area (Å²) in [5.74, 6) is -5.31. The largest absolute Gasteiger partial charge is 0.531 e. The molecular formula is C30H29F2N3O11PS+. The molecule has 0 amide bonds. The first-order chi connectivity index (χ1) is 23.0. The first-order valence-corrected chi connectivity index (χ1v) is 16.9. The summed E-state index contributed by atoms with van der Waals surface area (Å²) >= 11 is 1.35. The van der Waals surface area contributed by atoms with E-state index in [-0.39, 0.29) is 54.4 Å². The Morgan fingerprint density at radius 2 is 1.83 bits per heavy atom. The van der Waals surface area contributed by atoms with Crippen LogP contribution < -0.4 is 15.4 Å². The average Bonchev–Trinajstić information content (AvgIpc) is 3.29. The number of halogens is 2. The number of methoxy groups -OCH3 is 2. The van der Waals surface area contributed by atoms with E-state index >= 15 is 8.78 Å². The third-order valence-corrected chi connectivity index (χ3v) is 10.3. The van der Waals surface area contributed by atoms with Crippen molar-refractivity contribution < 1.29 is 60.4 Å². The van der Waals surface area contributed by atoms with E-state index in [9.17, 15) is 24.1 Å². The minimum atomic E-state index is -5.00. The number of nitrogens with zero attached hydrogens (tertiary/aromatic N) is 2. The van der Waals surface area contributed by atoms with Crippen molar-refractivity contribution in [1.29, 1.82) is 0 Å². The van der Waals surface area contributed by atoms with Gasteiger partial charge in [-0.15, -0.1) is 11.8 Å². The van der Waals surface area contributed by atoms with E-state index in [1.165, 1.54) is 21.0 Å². The molecule has 0 unspecified atom stereocenters. The molecule has 0 aliphatic carbocycles. The van der Waals surface area contributed by atoms with Gasteiger partial charge in [0.1, 0.15) is 13.2 Å². The number of aliphatic hydroxyl groups excluding tert-OH is 1. The van der Waals surface area contributed by atoms with Crippen LogP contribution in [0.25, 0.3) is 11.3 Å². The number of benzene rings is 2. The lowest BCUT2D eigenvalue weighted by atomic mass is 9.92. The molecule has 6 rings (SSSR count). The van der Waals surface area contributed by atoms with Gasteiger partial charge in [-0.1, -0.05) is 18.2 Å². The molecule has 3 aromatic rings.